The Morgan fingerprint density at radius 1 is 0.560 bits per heavy atom. The van der Waals surface area contributed by atoms with Crippen molar-refractivity contribution in [1.82, 2.24) is 0 Å². The number of halogens is 2. The van der Waals surface area contributed by atoms with Crippen LogP contribution in [0.2, 0.25) is 0 Å². The Morgan fingerprint density at radius 2 is 0.880 bits per heavy atom. The van der Waals surface area contributed by atoms with Gasteiger partial charge in [-0.15, -0.1) is 0 Å². The molecule has 0 aliphatic heterocycles. The molecular formula is C22H21F2N. The summed E-state index contributed by atoms with van der Waals surface area (Å²) in [6.07, 6.45) is 0. The molecule has 0 saturated heterocycles. The molecule has 3 aromatic rings. The zero-order valence-electron chi connectivity index (χ0n) is 14.6. The van der Waals surface area contributed by atoms with Crippen molar-refractivity contribution < 1.29 is 8.78 Å². The molecule has 0 spiro atoms. The predicted octanol–water partition coefficient (Wildman–Crippen LogP) is 6.73. The lowest BCUT2D eigenvalue weighted by molar-refractivity contribution is 0.590. The van der Waals surface area contributed by atoms with E-state index >= 15 is 0 Å². The van der Waals surface area contributed by atoms with E-state index in [0.717, 1.165) is 17.1 Å². The first-order valence-electron chi connectivity index (χ1n) is 8.26. The average molecular weight is 337 g/mol. The van der Waals surface area contributed by atoms with Crippen LogP contribution < -0.4 is 4.90 Å². The minimum atomic E-state index is -0.286. The standard InChI is InChI=1S/C22H21F2N/c1-22(2,3)16-4-10-19(11-5-16)25(20-12-6-17(23)7-13-20)21-14-8-18(24)9-15-21/h4-15H,1-3H3. The molecule has 0 bridgehead atoms. The van der Waals surface area contributed by atoms with Crippen LogP contribution >= 0.6 is 0 Å². The molecular weight excluding hydrogens is 316 g/mol. The maximum absolute atomic E-state index is 13.3. The first-order valence-corrected chi connectivity index (χ1v) is 8.26. The third-order valence-electron chi connectivity index (χ3n) is 4.16. The molecule has 25 heavy (non-hydrogen) atoms. The van der Waals surface area contributed by atoms with Gasteiger partial charge in [-0.2, -0.15) is 0 Å². The van der Waals surface area contributed by atoms with Crippen LogP contribution in [0.1, 0.15) is 26.3 Å². The maximum Gasteiger partial charge on any atom is 0.123 e. The fourth-order valence-corrected chi connectivity index (χ4v) is 2.74. The fraction of sp³-hybridized carbons (Fsp3) is 0.182. The predicted molar refractivity (Wildman–Crippen MR) is 99.7 cm³/mol. The van der Waals surface area contributed by atoms with Crippen molar-refractivity contribution in [2.75, 3.05) is 4.90 Å². The zero-order chi connectivity index (χ0) is 18.0. The molecule has 0 N–H and O–H groups in total. The van der Waals surface area contributed by atoms with Gasteiger partial charge in [-0.25, -0.2) is 8.78 Å². The molecule has 3 aromatic carbocycles. The fourth-order valence-electron chi connectivity index (χ4n) is 2.74. The van der Waals surface area contributed by atoms with Crippen molar-refractivity contribution in [3.63, 3.8) is 0 Å². The first-order chi connectivity index (χ1) is 11.8. The van der Waals surface area contributed by atoms with Gasteiger partial charge in [0.15, 0.2) is 0 Å². The Morgan fingerprint density at radius 3 is 1.20 bits per heavy atom. The van der Waals surface area contributed by atoms with Crippen molar-refractivity contribution in [3.8, 4) is 0 Å². The van der Waals surface area contributed by atoms with Gasteiger partial charge in [0.25, 0.3) is 0 Å². The zero-order valence-corrected chi connectivity index (χ0v) is 14.6. The lowest BCUT2D eigenvalue weighted by Crippen LogP contribution is -2.13. The van der Waals surface area contributed by atoms with Crippen LogP contribution in [0.5, 0.6) is 0 Å². The summed E-state index contributed by atoms with van der Waals surface area (Å²) in [6.45, 7) is 6.50. The van der Waals surface area contributed by atoms with Crippen LogP contribution in [-0.4, -0.2) is 0 Å². The van der Waals surface area contributed by atoms with E-state index in [1.165, 1.54) is 29.8 Å². The molecule has 0 saturated carbocycles. The van der Waals surface area contributed by atoms with Crippen molar-refractivity contribution >= 4 is 17.1 Å². The second kappa shape index (κ2) is 6.67. The van der Waals surface area contributed by atoms with Gasteiger partial charge in [-0.1, -0.05) is 32.9 Å². The van der Waals surface area contributed by atoms with Gasteiger partial charge in [0.05, 0.1) is 0 Å². The molecule has 0 aliphatic rings. The summed E-state index contributed by atoms with van der Waals surface area (Å²) in [4.78, 5) is 1.98. The average Bonchev–Trinajstić information content (AvgIpc) is 2.58. The third kappa shape index (κ3) is 3.87. The van der Waals surface area contributed by atoms with Crippen molar-refractivity contribution in [3.05, 3.63) is 90.0 Å². The summed E-state index contributed by atoms with van der Waals surface area (Å²) in [7, 11) is 0. The summed E-state index contributed by atoms with van der Waals surface area (Å²) in [5.74, 6) is -0.572. The van der Waals surface area contributed by atoms with Crippen LogP contribution in [-0.2, 0) is 5.41 Å². The van der Waals surface area contributed by atoms with E-state index in [0.29, 0.717) is 0 Å². The summed E-state index contributed by atoms with van der Waals surface area (Å²) >= 11 is 0. The quantitative estimate of drug-likeness (QED) is 0.512. The van der Waals surface area contributed by atoms with Crippen LogP contribution in [0.15, 0.2) is 72.8 Å². The van der Waals surface area contributed by atoms with Crippen molar-refractivity contribution in [2.24, 2.45) is 0 Å². The number of hydrogen-bond donors (Lipinski definition) is 0. The van der Waals surface area contributed by atoms with Gasteiger partial charge in [-0.3, -0.25) is 0 Å². The number of nitrogens with zero attached hydrogens (tertiary/aromatic N) is 1. The van der Waals surface area contributed by atoms with Crippen LogP contribution in [0.25, 0.3) is 0 Å². The van der Waals surface area contributed by atoms with E-state index in [9.17, 15) is 8.78 Å². The Bertz CT molecular complexity index is 784. The van der Waals surface area contributed by atoms with E-state index in [1.54, 1.807) is 24.3 Å². The highest BCUT2D eigenvalue weighted by molar-refractivity contribution is 5.76. The minimum Gasteiger partial charge on any atom is -0.310 e. The summed E-state index contributed by atoms with van der Waals surface area (Å²) < 4.78 is 26.6. The molecule has 0 fully saturated rings. The Balaban J connectivity index is 2.07. The molecule has 0 radical (unpaired) electrons. The van der Waals surface area contributed by atoms with E-state index in [-0.39, 0.29) is 17.0 Å². The van der Waals surface area contributed by atoms with Crippen molar-refractivity contribution in [1.29, 1.82) is 0 Å². The second-order valence-corrected chi connectivity index (χ2v) is 7.09. The maximum atomic E-state index is 13.3. The van der Waals surface area contributed by atoms with Gasteiger partial charge in [0, 0.05) is 17.1 Å². The molecule has 0 aromatic heterocycles. The number of hydrogen-bond acceptors (Lipinski definition) is 1. The number of rotatable bonds is 3. The van der Waals surface area contributed by atoms with E-state index in [4.69, 9.17) is 0 Å². The van der Waals surface area contributed by atoms with E-state index < -0.39 is 0 Å². The number of anilines is 3. The van der Waals surface area contributed by atoms with Gasteiger partial charge >= 0.3 is 0 Å². The highest BCUT2D eigenvalue weighted by Gasteiger charge is 2.16. The summed E-state index contributed by atoms with van der Waals surface area (Å²) in [5.41, 5.74) is 3.86. The topological polar surface area (TPSA) is 3.24 Å². The molecule has 3 heteroatoms. The van der Waals surface area contributed by atoms with Gasteiger partial charge in [0.2, 0.25) is 0 Å². The largest absolute Gasteiger partial charge is 0.310 e. The van der Waals surface area contributed by atoms with Crippen LogP contribution in [0.3, 0.4) is 0 Å². The molecule has 128 valence electrons. The van der Waals surface area contributed by atoms with E-state index in [2.05, 4.69) is 32.9 Å². The van der Waals surface area contributed by atoms with Crippen LogP contribution in [0.4, 0.5) is 25.8 Å². The monoisotopic (exact) mass is 337 g/mol. The van der Waals surface area contributed by atoms with Gasteiger partial charge in [0.1, 0.15) is 11.6 Å². The summed E-state index contributed by atoms with van der Waals surface area (Å²) in [6, 6.07) is 20.8. The van der Waals surface area contributed by atoms with Gasteiger partial charge in [-0.05, 0) is 71.6 Å². The lowest BCUT2D eigenvalue weighted by Gasteiger charge is -2.27. The third-order valence-corrected chi connectivity index (χ3v) is 4.16. The molecule has 3 rings (SSSR count). The van der Waals surface area contributed by atoms with Crippen LogP contribution in [0, 0.1) is 11.6 Å². The minimum absolute atomic E-state index is 0.0646. The smallest absolute Gasteiger partial charge is 0.123 e. The molecule has 0 amide bonds. The first kappa shape index (κ1) is 17.2. The highest BCUT2D eigenvalue weighted by Crippen LogP contribution is 2.35. The van der Waals surface area contributed by atoms with Crippen molar-refractivity contribution in [2.45, 2.75) is 26.2 Å². The molecule has 0 unspecified atom stereocenters. The summed E-state index contributed by atoms with van der Waals surface area (Å²) in [5, 5.41) is 0. The highest BCUT2D eigenvalue weighted by atomic mass is 19.1. The molecule has 0 aliphatic carbocycles. The second-order valence-electron chi connectivity index (χ2n) is 7.09. The SMILES string of the molecule is CC(C)(C)c1ccc(N(c2ccc(F)cc2)c2ccc(F)cc2)cc1. The Labute approximate surface area is 147 Å². The van der Waals surface area contributed by atoms with Gasteiger partial charge < -0.3 is 4.90 Å². The van der Waals surface area contributed by atoms with E-state index in [1.807, 2.05) is 17.0 Å². The number of benzene rings is 3. The molecule has 0 heterocycles. The Hall–Kier alpha value is -2.68. The molecule has 0 atom stereocenters. The molecule has 1 nitrogen and oxygen atoms in total. The lowest BCUT2D eigenvalue weighted by atomic mass is 9.87. The Kier molecular flexibility index (Phi) is 4.58. The normalized spacial score (nSPS) is 11.4.